The maximum absolute atomic E-state index is 14.4. The number of carbonyl (C=O) groups excluding carboxylic acids is 2. The number of hydrogen-bond donors (Lipinski definition) is 2. The summed E-state index contributed by atoms with van der Waals surface area (Å²) in [6.07, 6.45) is -3.46. The number of nitrogens with zero attached hydrogens (tertiary/aromatic N) is 4. The average Bonchev–Trinajstić information content (AvgIpc) is 3.49. The molecule has 4 aromatic rings. The van der Waals surface area contributed by atoms with Crippen LogP contribution in [-0.4, -0.2) is 45.6 Å². The Bertz CT molecular complexity index is 1720. The molecule has 230 valence electrons. The van der Waals surface area contributed by atoms with Crippen LogP contribution in [0.25, 0.3) is 11.1 Å². The topological polar surface area (TPSA) is 92.2 Å². The van der Waals surface area contributed by atoms with Gasteiger partial charge in [0.2, 0.25) is 5.91 Å². The van der Waals surface area contributed by atoms with E-state index in [0.717, 1.165) is 22.9 Å². The fourth-order valence-corrected chi connectivity index (χ4v) is 5.31. The highest BCUT2D eigenvalue weighted by atomic mass is 19.4. The van der Waals surface area contributed by atoms with Gasteiger partial charge in [-0.3, -0.25) is 24.2 Å². The lowest BCUT2D eigenvalue weighted by Gasteiger charge is -2.22. The summed E-state index contributed by atoms with van der Waals surface area (Å²) in [4.78, 5) is 31.7. The van der Waals surface area contributed by atoms with Crippen molar-refractivity contribution in [3.8, 4) is 11.1 Å². The molecule has 44 heavy (non-hydrogen) atoms. The molecule has 0 bridgehead atoms. The molecule has 8 nitrogen and oxygen atoms in total. The second kappa shape index (κ2) is 12.1. The third-order valence-corrected chi connectivity index (χ3v) is 7.19. The summed E-state index contributed by atoms with van der Waals surface area (Å²) >= 11 is 0. The summed E-state index contributed by atoms with van der Waals surface area (Å²) in [6, 6.07) is 8.79. The molecule has 3 heterocycles. The number of halogens is 6. The minimum absolute atomic E-state index is 0.00479. The van der Waals surface area contributed by atoms with E-state index in [1.807, 2.05) is 0 Å². The van der Waals surface area contributed by atoms with E-state index >= 15 is 0 Å². The van der Waals surface area contributed by atoms with E-state index in [4.69, 9.17) is 0 Å². The van der Waals surface area contributed by atoms with Crippen molar-refractivity contribution in [1.82, 2.24) is 30.3 Å². The Balaban J connectivity index is 1.53. The minimum Gasteiger partial charge on any atom is -0.355 e. The average molecular weight is 617 g/mol. The SMILES string of the molecule is CNC(=O)c1cc(-c2cccnc2[C@H](Cc2cc(F)cc(F)c2)NC(=O)Cn2nc(C(F)(F)F)c3c2CN(C)C3)ccc1F. The van der Waals surface area contributed by atoms with Gasteiger partial charge in [-0.05, 0) is 54.9 Å². The van der Waals surface area contributed by atoms with Gasteiger partial charge in [-0.25, -0.2) is 13.2 Å². The van der Waals surface area contributed by atoms with Crippen LogP contribution < -0.4 is 10.6 Å². The summed E-state index contributed by atoms with van der Waals surface area (Å²) in [5.41, 5.74) is 0.0515. The highest BCUT2D eigenvalue weighted by molar-refractivity contribution is 5.95. The number of nitrogens with one attached hydrogen (secondary N) is 2. The number of pyridine rings is 1. The van der Waals surface area contributed by atoms with E-state index in [1.165, 1.54) is 25.4 Å². The van der Waals surface area contributed by atoms with Crippen molar-refractivity contribution < 1.29 is 35.9 Å². The molecule has 0 radical (unpaired) electrons. The Morgan fingerprint density at radius 3 is 2.43 bits per heavy atom. The monoisotopic (exact) mass is 616 g/mol. The molecule has 2 aromatic heterocycles. The second-order valence-corrected chi connectivity index (χ2v) is 10.4. The molecular formula is C30H26F6N6O2. The zero-order chi connectivity index (χ0) is 31.8. The number of aromatic nitrogens is 3. The number of rotatable bonds is 8. The van der Waals surface area contributed by atoms with Crippen LogP contribution in [0.1, 0.15) is 44.6 Å². The molecule has 0 saturated heterocycles. The number of hydrogen-bond acceptors (Lipinski definition) is 5. The van der Waals surface area contributed by atoms with Crippen molar-refractivity contribution in [2.45, 2.75) is 38.3 Å². The van der Waals surface area contributed by atoms with Crippen LogP contribution in [0.5, 0.6) is 0 Å². The van der Waals surface area contributed by atoms with Gasteiger partial charge >= 0.3 is 6.18 Å². The largest absolute Gasteiger partial charge is 0.435 e. The Labute approximate surface area is 247 Å². The highest BCUT2D eigenvalue weighted by Gasteiger charge is 2.41. The van der Waals surface area contributed by atoms with Crippen LogP contribution in [-0.2, 0) is 37.0 Å². The molecule has 1 aliphatic rings. The second-order valence-electron chi connectivity index (χ2n) is 10.4. The Kier molecular flexibility index (Phi) is 8.46. The van der Waals surface area contributed by atoms with E-state index in [1.54, 1.807) is 24.1 Å². The fourth-order valence-electron chi connectivity index (χ4n) is 5.31. The van der Waals surface area contributed by atoms with Crippen molar-refractivity contribution in [2.75, 3.05) is 14.1 Å². The molecule has 0 aliphatic carbocycles. The Hall–Kier alpha value is -4.72. The number of benzene rings is 2. The van der Waals surface area contributed by atoms with Crippen molar-refractivity contribution >= 4 is 11.8 Å². The number of fused-ring (bicyclic) bond motifs is 1. The summed E-state index contributed by atoms with van der Waals surface area (Å²) in [5, 5.41) is 8.78. The molecule has 14 heteroatoms. The zero-order valence-corrected chi connectivity index (χ0v) is 23.5. The Morgan fingerprint density at radius 1 is 1.02 bits per heavy atom. The molecular weight excluding hydrogens is 590 g/mol. The third-order valence-electron chi connectivity index (χ3n) is 7.19. The summed E-state index contributed by atoms with van der Waals surface area (Å²) in [7, 11) is 2.99. The maximum Gasteiger partial charge on any atom is 0.435 e. The molecule has 1 aliphatic heterocycles. The lowest BCUT2D eigenvalue weighted by molar-refractivity contribution is -0.142. The molecule has 0 saturated carbocycles. The molecule has 0 unspecified atom stereocenters. The predicted molar refractivity (Wildman–Crippen MR) is 146 cm³/mol. The molecule has 0 fully saturated rings. The first kappa shape index (κ1) is 30.7. The number of amides is 2. The quantitative estimate of drug-likeness (QED) is 0.278. The van der Waals surface area contributed by atoms with E-state index < -0.39 is 53.7 Å². The smallest absolute Gasteiger partial charge is 0.355 e. The van der Waals surface area contributed by atoms with E-state index in [-0.39, 0.29) is 47.6 Å². The van der Waals surface area contributed by atoms with Crippen molar-refractivity contribution in [2.24, 2.45) is 0 Å². The standard InChI is InChI=1S/C30H26F6N6O2/c1-37-29(44)21-11-17(5-6-23(21)33)20-4-3-7-38-27(20)24(10-16-8-18(31)12-19(32)9-16)39-26(43)15-42-25-14-41(2)13-22(25)28(40-42)30(34,35)36/h3-9,11-12,24H,10,13-15H2,1-2H3,(H,37,44)(H,39,43)/t24-/m0/s1. The molecule has 5 rings (SSSR count). The fraction of sp³-hybridized carbons (Fsp3) is 0.267. The summed E-state index contributed by atoms with van der Waals surface area (Å²) in [5.74, 6) is -3.88. The molecule has 2 aromatic carbocycles. The van der Waals surface area contributed by atoms with E-state index in [9.17, 15) is 35.9 Å². The number of carbonyl (C=O) groups is 2. The zero-order valence-electron chi connectivity index (χ0n) is 23.5. The lowest BCUT2D eigenvalue weighted by Crippen LogP contribution is -2.34. The molecule has 2 amide bonds. The van der Waals surface area contributed by atoms with Gasteiger partial charge in [0.1, 0.15) is 24.0 Å². The third kappa shape index (κ3) is 6.44. The first-order chi connectivity index (χ1) is 20.8. The van der Waals surface area contributed by atoms with Crippen molar-refractivity contribution in [3.63, 3.8) is 0 Å². The van der Waals surface area contributed by atoms with Crippen LogP contribution >= 0.6 is 0 Å². The first-order valence-corrected chi connectivity index (χ1v) is 13.4. The normalized spacial score (nSPS) is 13.9. The van der Waals surface area contributed by atoms with Gasteiger partial charge in [0, 0.05) is 43.5 Å². The van der Waals surface area contributed by atoms with Crippen LogP contribution in [0.4, 0.5) is 26.3 Å². The van der Waals surface area contributed by atoms with Gasteiger partial charge in [-0.1, -0.05) is 12.1 Å². The van der Waals surface area contributed by atoms with Gasteiger partial charge in [-0.2, -0.15) is 18.3 Å². The lowest BCUT2D eigenvalue weighted by atomic mass is 9.94. The first-order valence-electron chi connectivity index (χ1n) is 13.4. The van der Waals surface area contributed by atoms with Gasteiger partial charge in [-0.15, -0.1) is 0 Å². The molecule has 0 spiro atoms. The van der Waals surface area contributed by atoms with Crippen LogP contribution in [0.2, 0.25) is 0 Å². The van der Waals surface area contributed by atoms with E-state index in [2.05, 4.69) is 20.7 Å². The van der Waals surface area contributed by atoms with Crippen LogP contribution in [0.3, 0.4) is 0 Å². The van der Waals surface area contributed by atoms with Crippen LogP contribution in [0.15, 0.2) is 54.7 Å². The van der Waals surface area contributed by atoms with Gasteiger partial charge in [0.05, 0.1) is 23.0 Å². The van der Waals surface area contributed by atoms with Gasteiger partial charge in [0.15, 0.2) is 5.69 Å². The van der Waals surface area contributed by atoms with Gasteiger partial charge < -0.3 is 10.6 Å². The number of alkyl halides is 3. The highest BCUT2D eigenvalue weighted by Crippen LogP contribution is 2.36. The molecule has 1 atom stereocenters. The van der Waals surface area contributed by atoms with Crippen molar-refractivity contribution in [3.05, 3.63) is 106 Å². The van der Waals surface area contributed by atoms with Crippen molar-refractivity contribution in [1.29, 1.82) is 0 Å². The Morgan fingerprint density at radius 2 is 1.75 bits per heavy atom. The molecule has 2 N–H and O–H groups in total. The summed E-state index contributed by atoms with van der Waals surface area (Å²) < 4.78 is 84.7. The summed E-state index contributed by atoms with van der Waals surface area (Å²) in [6.45, 7) is -0.396. The van der Waals surface area contributed by atoms with Gasteiger partial charge in [0.25, 0.3) is 5.91 Å². The minimum atomic E-state index is -4.72. The van der Waals surface area contributed by atoms with E-state index in [0.29, 0.717) is 17.2 Å². The predicted octanol–water partition coefficient (Wildman–Crippen LogP) is 4.79. The van der Waals surface area contributed by atoms with Crippen LogP contribution in [0, 0.1) is 17.5 Å². The maximum atomic E-state index is 14.4.